The highest BCUT2D eigenvalue weighted by Crippen LogP contribution is 2.08. The summed E-state index contributed by atoms with van der Waals surface area (Å²) in [6.45, 7) is -0.206. The lowest BCUT2D eigenvalue weighted by atomic mass is 10.1. The Labute approximate surface area is 105 Å². The van der Waals surface area contributed by atoms with Gasteiger partial charge in [-0.2, -0.15) is 0 Å². The van der Waals surface area contributed by atoms with Gasteiger partial charge in [-0.1, -0.05) is 6.42 Å². The number of unbranched alkanes of at least 4 members (excludes halogenated alkanes) is 2. The molecule has 0 aromatic rings. The largest absolute Gasteiger partial charge is 0.393 e. The molecule has 0 aromatic heterocycles. The minimum atomic E-state index is -1.30. The van der Waals surface area contributed by atoms with Crippen molar-refractivity contribution in [2.24, 2.45) is 0 Å². The fraction of sp³-hybridized carbons (Fsp3) is 0.583. The third-order valence-electron chi connectivity index (χ3n) is 2.75. The maximum atomic E-state index is 11.2. The Morgan fingerprint density at radius 2 is 1.78 bits per heavy atom. The molecule has 1 rings (SSSR count). The molecule has 0 radical (unpaired) electrons. The maximum Gasteiger partial charge on any atom is 0.253 e. The Bertz CT molecular complexity index is 345. The summed E-state index contributed by atoms with van der Waals surface area (Å²) >= 11 is 0. The van der Waals surface area contributed by atoms with Crippen LogP contribution in [-0.2, 0) is 14.4 Å². The van der Waals surface area contributed by atoms with E-state index in [1.807, 2.05) is 0 Å². The topological polar surface area (TPSA) is 94.9 Å². The molecule has 100 valence electrons. The first kappa shape index (κ1) is 14.5. The van der Waals surface area contributed by atoms with E-state index in [-0.39, 0.29) is 24.0 Å². The molecule has 6 heteroatoms. The predicted molar refractivity (Wildman–Crippen MR) is 62.4 cm³/mol. The summed E-state index contributed by atoms with van der Waals surface area (Å²) in [5.41, 5.74) is 0. The van der Waals surface area contributed by atoms with E-state index in [9.17, 15) is 14.4 Å². The van der Waals surface area contributed by atoms with E-state index in [0.29, 0.717) is 25.8 Å². The van der Waals surface area contributed by atoms with Crippen molar-refractivity contribution in [2.75, 3.05) is 13.2 Å². The third kappa shape index (κ3) is 4.05. The van der Waals surface area contributed by atoms with Crippen molar-refractivity contribution in [1.82, 2.24) is 4.90 Å². The first-order valence-electron chi connectivity index (χ1n) is 5.91. The smallest absolute Gasteiger partial charge is 0.253 e. The number of Topliss-reactive ketones (excluding diaryl/α,β-unsaturated/α-hetero) is 1. The second-order valence-corrected chi connectivity index (χ2v) is 4.14. The molecule has 1 atom stereocenters. The summed E-state index contributed by atoms with van der Waals surface area (Å²) < 4.78 is 0. The van der Waals surface area contributed by atoms with Crippen LogP contribution in [0.5, 0.6) is 0 Å². The molecule has 0 aliphatic carbocycles. The van der Waals surface area contributed by atoms with Crippen LogP contribution in [0.1, 0.15) is 25.7 Å². The molecule has 0 aromatic carbocycles. The number of carbonyl (C=O) groups excluding carboxylic acids is 3. The van der Waals surface area contributed by atoms with Crippen molar-refractivity contribution >= 4 is 17.6 Å². The lowest BCUT2D eigenvalue weighted by Crippen LogP contribution is -2.30. The first-order valence-corrected chi connectivity index (χ1v) is 5.91. The van der Waals surface area contributed by atoms with Gasteiger partial charge in [-0.15, -0.1) is 0 Å². The normalized spacial score (nSPS) is 16.4. The van der Waals surface area contributed by atoms with Crippen molar-refractivity contribution in [3.05, 3.63) is 12.2 Å². The Morgan fingerprint density at radius 3 is 2.33 bits per heavy atom. The predicted octanol–water partition coefficient (Wildman–Crippen LogP) is -0.606. The van der Waals surface area contributed by atoms with Gasteiger partial charge in [0.2, 0.25) is 0 Å². The van der Waals surface area contributed by atoms with E-state index in [1.54, 1.807) is 0 Å². The number of rotatable bonds is 8. The number of carbonyl (C=O) groups is 3. The van der Waals surface area contributed by atoms with E-state index in [4.69, 9.17) is 10.2 Å². The third-order valence-corrected chi connectivity index (χ3v) is 2.75. The van der Waals surface area contributed by atoms with Crippen LogP contribution in [0.3, 0.4) is 0 Å². The number of imide groups is 1. The lowest BCUT2D eigenvalue weighted by Gasteiger charge is -2.13. The summed E-state index contributed by atoms with van der Waals surface area (Å²) in [7, 11) is 0. The van der Waals surface area contributed by atoms with Gasteiger partial charge in [-0.25, -0.2) is 0 Å². The number of aliphatic hydroxyl groups excluding tert-OH is 2. The van der Waals surface area contributed by atoms with E-state index >= 15 is 0 Å². The second kappa shape index (κ2) is 7.03. The molecule has 0 fully saturated rings. The molecule has 0 bridgehead atoms. The van der Waals surface area contributed by atoms with Crippen LogP contribution in [0.2, 0.25) is 0 Å². The van der Waals surface area contributed by atoms with Crippen molar-refractivity contribution in [1.29, 1.82) is 0 Å². The van der Waals surface area contributed by atoms with Crippen molar-refractivity contribution in [3.63, 3.8) is 0 Å². The molecule has 0 spiro atoms. The zero-order valence-electron chi connectivity index (χ0n) is 10.0. The van der Waals surface area contributed by atoms with Gasteiger partial charge in [0.25, 0.3) is 11.8 Å². The average Bonchev–Trinajstić information content (AvgIpc) is 2.68. The van der Waals surface area contributed by atoms with Crippen LogP contribution in [0.15, 0.2) is 12.2 Å². The SMILES string of the molecule is O=C(CCCCCN1C(=O)C=CC1=O)C(O)CO. The Hall–Kier alpha value is -1.53. The fourth-order valence-electron chi connectivity index (χ4n) is 1.67. The van der Waals surface area contributed by atoms with Gasteiger partial charge in [0, 0.05) is 25.1 Å². The Kier molecular flexibility index (Phi) is 5.67. The van der Waals surface area contributed by atoms with E-state index in [2.05, 4.69) is 0 Å². The minimum absolute atomic E-state index is 0.196. The number of nitrogens with zero attached hydrogens (tertiary/aromatic N) is 1. The molecular formula is C12H17NO5. The molecule has 1 aliphatic rings. The van der Waals surface area contributed by atoms with E-state index in [1.165, 1.54) is 12.2 Å². The molecule has 1 aliphatic heterocycles. The quantitative estimate of drug-likeness (QED) is 0.446. The zero-order chi connectivity index (χ0) is 13.5. The maximum absolute atomic E-state index is 11.2. The van der Waals surface area contributed by atoms with E-state index < -0.39 is 12.7 Å². The van der Waals surface area contributed by atoms with Gasteiger partial charge >= 0.3 is 0 Å². The van der Waals surface area contributed by atoms with Gasteiger partial charge in [0.1, 0.15) is 6.10 Å². The number of aliphatic hydroxyl groups is 2. The second-order valence-electron chi connectivity index (χ2n) is 4.14. The minimum Gasteiger partial charge on any atom is -0.393 e. The molecular weight excluding hydrogens is 238 g/mol. The highest BCUT2D eigenvalue weighted by atomic mass is 16.3. The number of ketones is 1. The van der Waals surface area contributed by atoms with Gasteiger partial charge < -0.3 is 10.2 Å². The van der Waals surface area contributed by atoms with Crippen LogP contribution >= 0.6 is 0 Å². The molecule has 2 N–H and O–H groups in total. The van der Waals surface area contributed by atoms with Crippen LogP contribution < -0.4 is 0 Å². The average molecular weight is 255 g/mol. The summed E-state index contributed by atoms with van der Waals surface area (Å²) in [4.78, 5) is 34.7. The van der Waals surface area contributed by atoms with Crippen LogP contribution in [0.25, 0.3) is 0 Å². The van der Waals surface area contributed by atoms with Crippen molar-refractivity contribution in [2.45, 2.75) is 31.8 Å². The lowest BCUT2D eigenvalue weighted by molar-refractivity contribution is -0.137. The van der Waals surface area contributed by atoms with Crippen LogP contribution in [-0.4, -0.2) is 52.0 Å². The standard InChI is InChI=1S/C12H17NO5/c14-8-10(16)9(15)4-2-1-3-7-13-11(17)5-6-12(13)18/h5-6,10,14,16H,1-4,7-8H2. The highest BCUT2D eigenvalue weighted by Gasteiger charge is 2.22. The summed E-state index contributed by atoms with van der Waals surface area (Å²) in [5.74, 6) is -0.981. The van der Waals surface area contributed by atoms with Crippen LogP contribution in [0, 0.1) is 0 Å². The number of hydrogen-bond acceptors (Lipinski definition) is 5. The molecule has 6 nitrogen and oxygen atoms in total. The number of hydrogen-bond donors (Lipinski definition) is 2. The molecule has 0 saturated carbocycles. The summed E-state index contributed by atoms with van der Waals surface area (Å²) in [5, 5.41) is 17.6. The van der Waals surface area contributed by atoms with E-state index in [0.717, 1.165) is 4.90 Å². The number of amides is 2. The van der Waals surface area contributed by atoms with Crippen molar-refractivity contribution < 1.29 is 24.6 Å². The van der Waals surface area contributed by atoms with Crippen molar-refractivity contribution in [3.8, 4) is 0 Å². The molecule has 18 heavy (non-hydrogen) atoms. The molecule has 2 amide bonds. The zero-order valence-corrected chi connectivity index (χ0v) is 10.0. The van der Waals surface area contributed by atoms with Gasteiger partial charge in [0.15, 0.2) is 5.78 Å². The van der Waals surface area contributed by atoms with Gasteiger partial charge in [-0.05, 0) is 12.8 Å². The summed E-state index contributed by atoms with van der Waals surface area (Å²) in [6.07, 6.45) is 3.26. The van der Waals surface area contributed by atoms with Crippen LogP contribution in [0.4, 0.5) is 0 Å². The summed E-state index contributed by atoms with van der Waals surface area (Å²) in [6, 6.07) is 0. The Morgan fingerprint density at radius 1 is 1.17 bits per heavy atom. The molecule has 1 unspecified atom stereocenters. The fourth-order valence-corrected chi connectivity index (χ4v) is 1.67. The molecule has 1 heterocycles. The first-order chi connectivity index (χ1) is 8.56. The van der Waals surface area contributed by atoms with Gasteiger partial charge in [0.05, 0.1) is 6.61 Å². The van der Waals surface area contributed by atoms with Gasteiger partial charge in [-0.3, -0.25) is 19.3 Å². The molecule has 0 saturated heterocycles. The highest BCUT2D eigenvalue weighted by molar-refractivity contribution is 6.12. The Balaban J connectivity index is 2.11. The monoisotopic (exact) mass is 255 g/mol.